The average Bonchev–Trinajstić information content (AvgIpc) is 2.66. The molecule has 0 saturated carbocycles. The molecule has 142 valence electrons. The van der Waals surface area contributed by atoms with Gasteiger partial charge >= 0.3 is 0 Å². The first kappa shape index (κ1) is 18.5. The van der Waals surface area contributed by atoms with Gasteiger partial charge in [0.05, 0.1) is 0 Å². The number of piperidine rings is 1. The molecule has 3 N–H and O–H groups in total. The Morgan fingerprint density at radius 1 is 1.07 bits per heavy atom. The first-order valence-corrected chi connectivity index (χ1v) is 9.97. The second-order valence-electron chi connectivity index (χ2n) is 7.74. The number of aromatic hydroxyl groups is 1. The molecule has 2 aromatic carbocycles. The van der Waals surface area contributed by atoms with Crippen LogP contribution in [0.15, 0.2) is 41.4 Å². The number of aliphatic imine (C=N–C) groups is 1. The molecule has 0 aliphatic carbocycles. The van der Waals surface area contributed by atoms with Crippen molar-refractivity contribution in [2.75, 3.05) is 13.1 Å². The maximum Gasteiger partial charge on any atom is 0.120 e. The molecular formula is C22H26ClN3O. The largest absolute Gasteiger partial charge is 0.508 e. The molecule has 2 aliphatic heterocycles. The molecule has 2 aromatic rings. The summed E-state index contributed by atoms with van der Waals surface area (Å²) in [5.74, 6) is 0.280. The number of hydrogen-bond acceptors (Lipinski definition) is 4. The lowest BCUT2D eigenvalue weighted by molar-refractivity contribution is 0.216. The minimum Gasteiger partial charge on any atom is -0.508 e. The Morgan fingerprint density at radius 3 is 2.59 bits per heavy atom. The van der Waals surface area contributed by atoms with Crippen molar-refractivity contribution in [3.63, 3.8) is 0 Å². The number of rotatable bonds is 2. The molecule has 2 heterocycles. The average molecular weight is 384 g/mol. The molecule has 0 aromatic heterocycles. The third kappa shape index (κ3) is 3.75. The number of phenolic OH excluding ortho intramolecular Hbond substituents is 1. The molecule has 1 atom stereocenters. The predicted molar refractivity (Wildman–Crippen MR) is 111 cm³/mol. The van der Waals surface area contributed by atoms with E-state index in [4.69, 9.17) is 16.6 Å². The number of nitrogens with zero attached hydrogens (tertiary/aromatic N) is 1. The Labute approximate surface area is 165 Å². The third-order valence-electron chi connectivity index (χ3n) is 5.83. The van der Waals surface area contributed by atoms with Crippen LogP contribution in [-0.4, -0.2) is 29.6 Å². The Bertz CT molecular complexity index is 887. The zero-order chi connectivity index (χ0) is 19.0. The van der Waals surface area contributed by atoms with Gasteiger partial charge in [-0.05, 0) is 80.7 Å². The highest BCUT2D eigenvalue weighted by Gasteiger charge is 2.39. The van der Waals surface area contributed by atoms with Gasteiger partial charge in [0, 0.05) is 28.8 Å². The van der Waals surface area contributed by atoms with Gasteiger partial charge in [-0.2, -0.15) is 0 Å². The quantitative estimate of drug-likeness (QED) is 0.726. The number of phenols is 1. The van der Waals surface area contributed by atoms with Crippen molar-refractivity contribution in [1.82, 2.24) is 10.6 Å². The minimum atomic E-state index is -0.295. The van der Waals surface area contributed by atoms with E-state index in [1.54, 1.807) is 12.1 Å². The van der Waals surface area contributed by atoms with Crippen LogP contribution in [0, 0.1) is 13.8 Å². The van der Waals surface area contributed by atoms with Crippen molar-refractivity contribution < 1.29 is 5.11 Å². The second kappa shape index (κ2) is 7.27. The molecule has 27 heavy (non-hydrogen) atoms. The summed E-state index contributed by atoms with van der Waals surface area (Å²) in [6.45, 7) is 6.14. The number of benzene rings is 2. The van der Waals surface area contributed by atoms with Crippen molar-refractivity contribution in [2.45, 2.75) is 44.8 Å². The molecular weight excluding hydrogens is 358 g/mol. The van der Waals surface area contributed by atoms with Crippen LogP contribution in [0.2, 0.25) is 5.02 Å². The number of aryl methyl sites for hydroxylation is 2. The van der Waals surface area contributed by atoms with Gasteiger partial charge in [-0.3, -0.25) is 10.3 Å². The van der Waals surface area contributed by atoms with Gasteiger partial charge in [-0.15, -0.1) is 0 Å². The van der Waals surface area contributed by atoms with E-state index in [0.717, 1.165) is 43.6 Å². The molecule has 1 spiro atoms. The molecule has 0 unspecified atom stereocenters. The van der Waals surface area contributed by atoms with Crippen LogP contribution in [0.25, 0.3) is 0 Å². The molecule has 4 nitrogen and oxygen atoms in total. The zero-order valence-corrected chi connectivity index (χ0v) is 16.6. The van der Waals surface area contributed by atoms with Gasteiger partial charge < -0.3 is 10.4 Å². The highest BCUT2D eigenvalue weighted by atomic mass is 35.5. The topological polar surface area (TPSA) is 56.7 Å². The van der Waals surface area contributed by atoms with Crippen molar-refractivity contribution in [3.05, 3.63) is 63.7 Å². The lowest BCUT2D eigenvalue weighted by atomic mass is 9.87. The van der Waals surface area contributed by atoms with Crippen LogP contribution in [0.1, 0.15) is 47.6 Å². The number of hydrogen-bond donors (Lipinski definition) is 3. The van der Waals surface area contributed by atoms with Crippen molar-refractivity contribution >= 4 is 17.3 Å². The first-order valence-electron chi connectivity index (χ1n) is 9.59. The lowest BCUT2D eigenvalue weighted by Gasteiger charge is -2.42. The molecule has 4 rings (SSSR count). The summed E-state index contributed by atoms with van der Waals surface area (Å²) in [6, 6.07) is 11.8. The van der Waals surface area contributed by atoms with Gasteiger partial charge in [0.15, 0.2) is 0 Å². The van der Waals surface area contributed by atoms with E-state index in [1.807, 2.05) is 6.07 Å². The smallest absolute Gasteiger partial charge is 0.120 e. The predicted octanol–water partition coefficient (Wildman–Crippen LogP) is 4.27. The van der Waals surface area contributed by atoms with Crippen molar-refractivity contribution in [2.24, 2.45) is 4.99 Å². The summed E-state index contributed by atoms with van der Waals surface area (Å²) >= 11 is 6.23. The van der Waals surface area contributed by atoms with E-state index in [1.165, 1.54) is 16.7 Å². The highest BCUT2D eigenvalue weighted by Crippen LogP contribution is 2.37. The van der Waals surface area contributed by atoms with Crippen LogP contribution in [0.5, 0.6) is 5.75 Å². The van der Waals surface area contributed by atoms with Gasteiger partial charge in [0.1, 0.15) is 11.4 Å². The third-order valence-corrected chi connectivity index (χ3v) is 6.06. The minimum absolute atomic E-state index is 0.0177. The fraction of sp³-hybridized carbons (Fsp3) is 0.409. The summed E-state index contributed by atoms with van der Waals surface area (Å²) in [6.07, 6.45) is 2.59. The van der Waals surface area contributed by atoms with Crippen LogP contribution in [0.4, 0.5) is 0 Å². The molecule has 0 bridgehead atoms. The van der Waals surface area contributed by atoms with Crippen LogP contribution < -0.4 is 10.6 Å². The first-order chi connectivity index (χ1) is 13.0. The normalized spacial score (nSPS) is 21.9. The van der Waals surface area contributed by atoms with Crippen LogP contribution in [-0.2, 0) is 0 Å². The molecule has 1 fully saturated rings. The Kier molecular flexibility index (Phi) is 4.97. The van der Waals surface area contributed by atoms with Crippen LogP contribution in [0.3, 0.4) is 0 Å². The van der Waals surface area contributed by atoms with Gasteiger partial charge in [0.25, 0.3) is 0 Å². The molecule has 0 radical (unpaired) electrons. The zero-order valence-electron chi connectivity index (χ0n) is 15.8. The highest BCUT2D eigenvalue weighted by molar-refractivity contribution is 6.30. The fourth-order valence-electron chi connectivity index (χ4n) is 4.10. The van der Waals surface area contributed by atoms with Crippen molar-refractivity contribution in [1.29, 1.82) is 0 Å². The number of nitrogens with one attached hydrogen (secondary N) is 2. The lowest BCUT2D eigenvalue weighted by Crippen LogP contribution is -2.55. The monoisotopic (exact) mass is 383 g/mol. The fourth-order valence-corrected chi connectivity index (χ4v) is 4.28. The van der Waals surface area contributed by atoms with Crippen molar-refractivity contribution in [3.8, 4) is 5.75 Å². The van der Waals surface area contributed by atoms with E-state index in [-0.39, 0.29) is 17.5 Å². The Balaban J connectivity index is 1.77. The van der Waals surface area contributed by atoms with Crippen LogP contribution >= 0.6 is 11.6 Å². The summed E-state index contributed by atoms with van der Waals surface area (Å²) in [5.41, 5.74) is 5.38. The number of halogens is 1. The van der Waals surface area contributed by atoms with Gasteiger partial charge in [0.2, 0.25) is 0 Å². The maximum absolute atomic E-state index is 10.5. The van der Waals surface area contributed by atoms with Gasteiger partial charge in [-0.25, -0.2) is 0 Å². The van der Waals surface area contributed by atoms with E-state index in [0.29, 0.717) is 5.02 Å². The molecule has 0 amide bonds. The Morgan fingerprint density at radius 2 is 1.85 bits per heavy atom. The van der Waals surface area contributed by atoms with E-state index in [9.17, 15) is 5.11 Å². The standard InChI is InChI=1S/C22H26ClN3O/c1-14-3-4-16(11-15(14)2)19-13-20(18-12-17(23)5-6-21(18)27)26-22(25-19)7-9-24-10-8-22/h3-6,11-12,20,24,26-27H,7-10,13H2,1-2H3/t20-/m0/s1. The SMILES string of the molecule is Cc1ccc(C2=NC3(CCNCC3)N[C@H](c3cc(Cl)ccc3O)C2)cc1C. The molecule has 5 heteroatoms. The molecule has 2 aliphatic rings. The van der Waals surface area contributed by atoms with E-state index >= 15 is 0 Å². The Hall–Kier alpha value is -1.88. The van der Waals surface area contributed by atoms with E-state index < -0.39 is 0 Å². The van der Waals surface area contributed by atoms with E-state index in [2.05, 4.69) is 42.7 Å². The summed E-state index contributed by atoms with van der Waals surface area (Å²) < 4.78 is 0. The summed E-state index contributed by atoms with van der Waals surface area (Å²) in [4.78, 5) is 5.19. The van der Waals surface area contributed by atoms with Gasteiger partial charge in [-0.1, -0.05) is 23.7 Å². The summed E-state index contributed by atoms with van der Waals surface area (Å²) in [5, 5.41) is 18.3. The second-order valence-corrected chi connectivity index (χ2v) is 8.18. The molecule has 1 saturated heterocycles. The summed E-state index contributed by atoms with van der Waals surface area (Å²) in [7, 11) is 0. The maximum atomic E-state index is 10.5.